The molecule has 6 nitrogen and oxygen atoms in total. The molecule has 0 bridgehead atoms. The summed E-state index contributed by atoms with van der Waals surface area (Å²) < 4.78 is 42.2. The zero-order chi connectivity index (χ0) is 28.9. The predicted octanol–water partition coefficient (Wildman–Crippen LogP) is 7.57. The Bertz CT molecular complexity index is 1640. The van der Waals surface area contributed by atoms with Gasteiger partial charge in [-0.3, -0.25) is 0 Å². The number of pyridine rings is 1. The molecule has 0 unspecified atom stereocenters. The Morgan fingerprint density at radius 3 is 2.70 bits per heavy atom. The molecular formula is C31H31ClF2N2O4. The number of carbonyl (C=O) groups is 1. The SMILES string of the molecule is Cc1nc2c(ccn2Cc2cccc(F)c2F)c(-c2cc(Cl)c3c(c2C)CCCO3)c1[C@H](OC(C)(C)C)C(=O)O. The molecule has 210 valence electrons. The smallest absolute Gasteiger partial charge is 0.337 e. The molecular weight excluding hydrogens is 538 g/mol. The van der Waals surface area contributed by atoms with Gasteiger partial charge in [0.1, 0.15) is 11.4 Å². The van der Waals surface area contributed by atoms with Crippen molar-refractivity contribution in [3.63, 3.8) is 0 Å². The minimum Gasteiger partial charge on any atom is -0.492 e. The zero-order valence-corrected chi connectivity index (χ0v) is 23.8. The standard InChI is InChI=1S/C31H31ClF2N2O4/c1-16-19-9-7-13-39-27(19)22(32)14-21(16)25-20-11-12-36(15-18-8-6-10-23(33)26(18)34)29(20)35-17(2)24(25)28(30(37)38)40-31(3,4)5/h6,8,10-12,14,28H,7,9,13,15H2,1-5H3,(H,37,38)/t28-/m0/s1. The number of aromatic nitrogens is 2. The molecule has 0 fully saturated rings. The van der Waals surface area contributed by atoms with Gasteiger partial charge in [-0.2, -0.15) is 0 Å². The first-order valence-corrected chi connectivity index (χ1v) is 13.5. The number of hydrogen-bond donors (Lipinski definition) is 1. The summed E-state index contributed by atoms with van der Waals surface area (Å²) in [6.07, 6.45) is 2.04. The van der Waals surface area contributed by atoms with E-state index in [1.54, 1.807) is 44.5 Å². The minimum atomic E-state index is -1.32. The fourth-order valence-electron chi connectivity index (χ4n) is 5.43. The monoisotopic (exact) mass is 568 g/mol. The first kappa shape index (κ1) is 28.1. The van der Waals surface area contributed by atoms with Crippen LogP contribution in [0.4, 0.5) is 8.78 Å². The highest BCUT2D eigenvalue weighted by Crippen LogP contribution is 2.46. The Balaban J connectivity index is 1.81. The van der Waals surface area contributed by atoms with Crippen molar-refractivity contribution in [2.45, 2.75) is 65.7 Å². The van der Waals surface area contributed by atoms with E-state index in [1.165, 1.54) is 12.1 Å². The van der Waals surface area contributed by atoms with E-state index in [0.29, 0.717) is 45.2 Å². The van der Waals surface area contributed by atoms with Gasteiger partial charge in [0.25, 0.3) is 0 Å². The van der Waals surface area contributed by atoms with Crippen LogP contribution in [0.2, 0.25) is 5.02 Å². The molecule has 0 spiro atoms. The lowest BCUT2D eigenvalue weighted by Gasteiger charge is -2.29. The number of aryl methyl sites for hydroxylation is 1. The van der Waals surface area contributed by atoms with Crippen molar-refractivity contribution in [2.75, 3.05) is 6.61 Å². The molecule has 3 heterocycles. The van der Waals surface area contributed by atoms with E-state index in [0.717, 1.165) is 35.6 Å². The number of fused-ring (bicyclic) bond motifs is 2. The van der Waals surface area contributed by atoms with E-state index in [9.17, 15) is 18.7 Å². The number of carboxylic acid groups (broad SMARTS) is 1. The quantitative estimate of drug-likeness (QED) is 0.260. The molecule has 40 heavy (non-hydrogen) atoms. The van der Waals surface area contributed by atoms with E-state index >= 15 is 0 Å². The Hall–Kier alpha value is -3.49. The zero-order valence-electron chi connectivity index (χ0n) is 23.1. The van der Waals surface area contributed by atoms with Crippen LogP contribution in [-0.4, -0.2) is 32.8 Å². The normalized spacial score (nSPS) is 14.2. The number of carboxylic acids is 1. The van der Waals surface area contributed by atoms with Gasteiger partial charge in [-0.25, -0.2) is 18.6 Å². The highest BCUT2D eigenvalue weighted by atomic mass is 35.5. The summed E-state index contributed by atoms with van der Waals surface area (Å²) in [5.74, 6) is -2.34. The summed E-state index contributed by atoms with van der Waals surface area (Å²) in [7, 11) is 0. The average molecular weight is 569 g/mol. The fourth-order valence-corrected chi connectivity index (χ4v) is 5.70. The van der Waals surface area contributed by atoms with Crippen LogP contribution in [0.3, 0.4) is 0 Å². The first-order chi connectivity index (χ1) is 18.9. The van der Waals surface area contributed by atoms with Crippen LogP contribution in [0.15, 0.2) is 36.5 Å². The molecule has 1 N–H and O–H groups in total. The van der Waals surface area contributed by atoms with Crippen LogP contribution in [0.5, 0.6) is 5.75 Å². The lowest BCUT2D eigenvalue weighted by atomic mass is 9.87. The molecule has 1 atom stereocenters. The largest absolute Gasteiger partial charge is 0.492 e. The van der Waals surface area contributed by atoms with Crippen LogP contribution in [0, 0.1) is 25.5 Å². The first-order valence-electron chi connectivity index (χ1n) is 13.2. The summed E-state index contributed by atoms with van der Waals surface area (Å²) >= 11 is 6.74. The highest BCUT2D eigenvalue weighted by molar-refractivity contribution is 6.32. The molecule has 0 amide bonds. The fraction of sp³-hybridized carbons (Fsp3) is 0.355. The van der Waals surface area contributed by atoms with Crippen molar-refractivity contribution in [1.29, 1.82) is 0 Å². The summed E-state index contributed by atoms with van der Waals surface area (Å²) in [5.41, 5.74) is 4.06. The van der Waals surface area contributed by atoms with Crippen LogP contribution < -0.4 is 4.74 Å². The molecule has 0 radical (unpaired) electrons. The van der Waals surface area contributed by atoms with Crippen molar-refractivity contribution in [2.24, 2.45) is 0 Å². The van der Waals surface area contributed by atoms with Crippen LogP contribution in [0.1, 0.15) is 61.2 Å². The molecule has 5 rings (SSSR count). The van der Waals surface area contributed by atoms with E-state index in [2.05, 4.69) is 0 Å². The third-order valence-corrected chi connectivity index (χ3v) is 7.45. The second-order valence-corrected chi connectivity index (χ2v) is 11.5. The van der Waals surface area contributed by atoms with E-state index < -0.39 is 29.3 Å². The number of hydrogen-bond acceptors (Lipinski definition) is 4. The van der Waals surface area contributed by atoms with Crippen LogP contribution in [0.25, 0.3) is 22.2 Å². The summed E-state index contributed by atoms with van der Waals surface area (Å²) in [6.45, 7) is 9.72. The molecule has 0 saturated carbocycles. The summed E-state index contributed by atoms with van der Waals surface area (Å²) in [5, 5.41) is 11.4. The van der Waals surface area contributed by atoms with Crippen molar-refractivity contribution in [1.82, 2.24) is 9.55 Å². The third-order valence-electron chi connectivity index (χ3n) is 7.17. The molecule has 0 aliphatic carbocycles. The third kappa shape index (κ3) is 5.06. The van der Waals surface area contributed by atoms with E-state index in [4.69, 9.17) is 26.1 Å². The maximum atomic E-state index is 14.6. The Labute approximate surface area is 236 Å². The molecule has 9 heteroatoms. The molecule has 1 aliphatic rings. The van der Waals surface area contributed by atoms with Crippen LogP contribution >= 0.6 is 11.6 Å². The Morgan fingerprint density at radius 1 is 1.25 bits per heavy atom. The van der Waals surface area contributed by atoms with Gasteiger partial charge < -0.3 is 19.1 Å². The lowest BCUT2D eigenvalue weighted by molar-refractivity contribution is -0.160. The number of halogens is 3. The maximum Gasteiger partial charge on any atom is 0.337 e. The summed E-state index contributed by atoms with van der Waals surface area (Å²) in [6, 6.07) is 7.68. The van der Waals surface area contributed by atoms with Gasteiger partial charge >= 0.3 is 5.97 Å². The molecule has 1 aliphatic heterocycles. The van der Waals surface area contributed by atoms with E-state index in [-0.39, 0.29) is 12.1 Å². The average Bonchev–Trinajstić information content (AvgIpc) is 3.28. The van der Waals surface area contributed by atoms with Gasteiger partial charge in [0, 0.05) is 34.0 Å². The van der Waals surface area contributed by atoms with Gasteiger partial charge in [0.2, 0.25) is 0 Å². The number of aliphatic carboxylic acids is 1. The maximum absolute atomic E-state index is 14.6. The Kier molecular flexibility index (Phi) is 7.35. The number of benzene rings is 2. The highest BCUT2D eigenvalue weighted by Gasteiger charge is 2.34. The van der Waals surface area contributed by atoms with Crippen molar-refractivity contribution >= 4 is 28.6 Å². The van der Waals surface area contributed by atoms with Gasteiger partial charge in [-0.1, -0.05) is 23.7 Å². The van der Waals surface area contributed by atoms with Gasteiger partial charge in [0.05, 0.1) is 23.8 Å². The topological polar surface area (TPSA) is 73.6 Å². The van der Waals surface area contributed by atoms with Crippen molar-refractivity contribution in [3.05, 3.63) is 81.1 Å². The molecule has 2 aromatic carbocycles. The van der Waals surface area contributed by atoms with Gasteiger partial charge in [-0.05, 0) is 82.3 Å². The molecule has 4 aromatic rings. The van der Waals surface area contributed by atoms with Crippen LogP contribution in [-0.2, 0) is 22.5 Å². The minimum absolute atomic E-state index is 0.0386. The molecule has 0 saturated heterocycles. The van der Waals surface area contributed by atoms with Gasteiger partial charge in [-0.15, -0.1) is 0 Å². The summed E-state index contributed by atoms with van der Waals surface area (Å²) in [4.78, 5) is 17.5. The van der Waals surface area contributed by atoms with Crippen molar-refractivity contribution in [3.8, 4) is 16.9 Å². The second-order valence-electron chi connectivity index (χ2n) is 11.1. The second kappa shape index (κ2) is 10.5. The van der Waals surface area contributed by atoms with E-state index in [1.807, 2.05) is 13.0 Å². The number of nitrogens with zero attached hydrogens (tertiary/aromatic N) is 2. The lowest BCUT2D eigenvalue weighted by Crippen LogP contribution is -2.28. The molecule has 2 aromatic heterocycles. The predicted molar refractivity (Wildman–Crippen MR) is 150 cm³/mol. The number of rotatable bonds is 6. The number of ether oxygens (including phenoxy) is 2. The Morgan fingerprint density at radius 2 is 2.00 bits per heavy atom. The van der Waals surface area contributed by atoms with Crippen molar-refractivity contribution < 1.29 is 28.2 Å². The van der Waals surface area contributed by atoms with Gasteiger partial charge in [0.15, 0.2) is 17.7 Å².